The van der Waals surface area contributed by atoms with Crippen molar-refractivity contribution in [3.63, 3.8) is 0 Å². The Morgan fingerprint density at radius 3 is 2.58 bits per heavy atom. The van der Waals surface area contributed by atoms with E-state index in [1.807, 2.05) is 35.9 Å². The van der Waals surface area contributed by atoms with Crippen molar-refractivity contribution in [2.75, 3.05) is 32.3 Å². The van der Waals surface area contributed by atoms with E-state index in [2.05, 4.69) is 20.5 Å². The number of methoxy groups -OCH3 is 1. The van der Waals surface area contributed by atoms with Crippen molar-refractivity contribution >= 4 is 40.0 Å². The zero-order valence-electron chi connectivity index (χ0n) is 18.0. The van der Waals surface area contributed by atoms with Gasteiger partial charge in [0.25, 0.3) is 5.91 Å². The van der Waals surface area contributed by atoms with Gasteiger partial charge in [0.05, 0.1) is 18.6 Å². The highest BCUT2D eigenvalue weighted by atomic mass is 32.2. The number of hydrogen-bond donors (Lipinski definition) is 1. The molecule has 9 nitrogen and oxygen atoms in total. The zero-order chi connectivity index (χ0) is 22.5. The van der Waals surface area contributed by atoms with Gasteiger partial charge in [-0.2, -0.15) is 0 Å². The number of nitrogens with one attached hydrogen (secondary N) is 1. The number of ether oxygens (including phenoxy) is 1. The summed E-state index contributed by atoms with van der Waals surface area (Å²) in [6.45, 7) is 1.75. The summed E-state index contributed by atoms with van der Waals surface area (Å²) in [5.41, 5.74) is 1.69. The molecule has 2 heterocycles. The topological polar surface area (TPSA) is 102 Å². The lowest BCUT2D eigenvalue weighted by Crippen LogP contribution is -2.21. The fraction of sp³-hybridized carbons (Fsp3) is 0.350. The molecule has 0 aliphatic carbocycles. The lowest BCUT2D eigenvalue weighted by molar-refractivity contribution is -0.113. The molecule has 0 aliphatic heterocycles. The van der Waals surface area contributed by atoms with Crippen LogP contribution in [0.5, 0.6) is 5.75 Å². The maximum Gasteiger partial charge on any atom is 0.265 e. The molecule has 0 saturated heterocycles. The van der Waals surface area contributed by atoms with Gasteiger partial charge in [-0.3, -0.25) is 9.59 Å². The molecule has 0 radical (unpaired) electrons. The summed E-state index contributed by atoms with van der Waals surface area (Å²) < 4.78 is 7.06. The second-order valence-electron chi connectivity index (χ2n) is 6.95. The largest absolute Gasteiger partial charge is 0.497 e. The van der Waals surface area contributed by atoms with Crippen molar-refractivity contribution < 1.29 is 14.3 Å². The van der Waals surface area contributed by atoms with Crippen molar-refractivity contribution in [1.29, 1.82) is 0 Å². The van der Waals surface area contributed by atoms with Crippen molar-refractivity contribution in [2.24, 2.45) is 7.05 Å². The van der Waals surface area contributed by atoms with Crippen LogP contribution in [0.15, 0.2) is 29.4 Å². The Hall–Kier alpha value is -2.92. The van der Waals surface area contributed by atoms with E-state index in [0.29, 0.717) is 27.3 Å². The number of carbonyl (C=O) groups is 2. The highest BCUT2D eigenvalue weighted by molar-refractivity contribution is 7.99. The number of nitrogens with zero attached hydrogens (tertiary/aromatic N) is 5. The summed E-state index contributed by atoms with van der Waals surface area (Å²) in [5.74, 6) is 1.41. The maximum atomic E-state index is 12.3. The van der Waals surface area contributed by atoms with Gasteiger partial charge in [0.1, 0.15) is 16.5 Å². The SMILES string of the molecule is COc1ccc(Cc2nnc(SCC(=O)Nc3nc(C)c(C(=O)N(C)C)s3)n2C)cc1. The molecule has 11 heteroatoms. The summed E-state index contributed by atoms with van der Waals surface area (Å²) >= 11 is 2.46. The molecule has 0 aliphatic rings. The van der Waals surface area contributed by atoms with Crippen molar-refractivity contribution in [3.05, 3.63) is 46.2 Å². The number of amides is 2. The molecule has 0 atom stereocenters. The lowest BCUT2D eigenvalue weighted by Gasteiger charge is -2.07. The highest BCUT2D eigenvalue weighted by Crippen LogP contribution is 2.24. The number of thioether (sulfide) groups is 1. The van der Waals surface area contributed by atoms with Gasteiger partial charge in [-0.05, 0) is 24.6 Å². The Labute approximate surface area is 188 Å². The third-order valence-electron chi connectivity index (χ3n) is 4.42. The van der Waals surface area contributed by atoms with Gasteiger partial charge < -0.3 is 19.5 Å². The fourth-order valence-corrected chi connectivity index (χ4v) is 4.42. The van der Waals surface area contributed by atoms with Crippen LogP contribution in [0.1, 0.15) is 26.8 Å². The number of hydrogen-bond acceptors (Lipinski definition) is 8. The molecule has 2 amide bonds. The molecular formula is C20H24N6O3S2. The summed E-state index contributed by atoms with van der Waals surface area (Å²) in [4.78, 5) is 30.8. The first kappa shape index (κ1) is 22.8. The van der Waals surface area contributed by atoms with Crippen LogP contribution in [-0.4, -0.2) is 63.4 Å². The third kappa shape index (κ3) is 5.61. The van der Waals surface area contributed by atoms with E-state index < -0.39 is 0 Å². The van der Waals surface area contributed by atoms with Gasteiger partial charge in [0, 0.05) is 27.6 Å². The molecule has 31 heavy (non-hydrogen) atoms. The molecule has 1 aromatic carbocycles. The molecule has 3 aromatic rings. The van der Waals surface area contributed by atoms with Crippen LogP contribution in [-0.2, 0) is 18.3 Å². The van der Waals surface area contributed by atoms with Crippen LogP contribution in [0.2, 0.25) is 0 Å². The Kier molecular flexibility index (Phi) is 7.29. The predicted octanol–water partition coefficient (Wildman–Crippen LogP) is 2.61. The lowest BCUT2D eigenvalue weighted by atomic mass is 10.1. The van der Waals surface area contributed by atoms with Crippen molar-refractivity contribution in [3.8, 4) is 5.75 Å². The monoisotopic (exact) mass is 460 g/mol. The number of anilines is 1. The molecule has 0 bridgehead atoms. The number of aryl methyl sites for hydroxylation is 1. The zero-order valence-corrected chi connectivity index (χ0v) is 19.6. The number of aromatic nitrogens is 4. The van der Waals surface area contributed by atoms with Gasteiger partial charge in [0.15, 0.2) is 10.3 Å². The number of benzene rings is 1. The molecule has 2 aromatic heterocycles. The van der Waals surface area contributed by atoms with Gasteiger partial charge in [-0.25, -0.2) is 4.98 Å². The Bertz CT molecular complexity index is 1080. The first-order valence-electron chi connectivity index (χ1n) is 9.41. The summed E-state index contributed by atoms with van der Waals surface area (Å²) in [5, 5.41) is 12.2. The third-order valence-corrected chi connectivity index (χ3v) is 6.50. The average Bonchev–Trinajstić information content (AvgIpc) is 3.28. The van der Waals surface area contributed by atoms with Gasteiger partial charge in [-0.1, -0.05) is 35.2 Å². The predicted molar refractivity (Wildman–Crippen MR) is 121 cm³/mol. The van der Waals surface area contributed by atoms with E-state index in [1.165, 1.54) is 28.0 Å². The quantitative estimate of drug-likeness (QED) is 0.516. The maximum absolute atomic E-state index is 12.3. The fourth-order valence-electron chi connectivity index (χ4n) is 2.69. The van der Waals surface area contributed by atoms with Crippen LogP contribution in [0.4, 0.5) is 5.13 Å². The summed E-state index contributed by atoms with van der Waals surface area (Å²) in [7, 11) is 6.87. The molecular weight excluding hydrogens is 436 g/mol. The molecule has 0 unspecified atom stereocenters. The molecule has 0 fully saturated rings. The number of thiazole rings is 1. The normalized spacial score (nSPS) is 10.7. The minimum atomic E-state index is -0.220. The van der Waals surface area contributed by atoms with E-state index in [9.17, 15) is 9.59 Å². The smallest absolute Gasteiger partial charge is 0.265 e. The summed E-state index contributed by atoms with van der Waals surface area (Å²) in [6.07, 6.45) is 0.626. The van der Waals surface area contributed by atoms with Crippen molar-refractivity contribution in [1.82, 2.24) is 24.6 Å². The van der Waals surface area contributed by atoms with Crippen LogP contribution in [0, 0.1) is 6.92 Å². The Morgan fingerprint density at radius 1 is 1.23 bits per heavy atom. The first-order valence-corrected chi connectivity index (χ1v) is 11.2. The van der Waals surface area contributed by atoms with Gasteiger partial charge >= 0.3 is 0 Å². The standard InChI is InChI=1S/C20H24N6O3S2/c1-12-17(18(28)25(2)3)31-19(21-12)22-16(27)11-30-20-24-23-15(26(20)4)10-13-6-8-14(29-5)9-7-13/h6-9H,10-11H2,1-5H3,(H,21,22,27). The molecule has 1 N–H and O–H groups in total. The Balaban J connectivity index is 1.57. The number of carbonyl (C=O) groups excluding carboxylic acids is 2. The van der Waals surface area contributed by atoms with E-state index in [-0.39, 0.29) is 17.6 Å². The molecule has 0 saturated carbocycles. The molecule has 0 spiro atoms. The minimum absolute atomic E-state index is 0.131. The van der Waals surface area contributed by atoms with E-state index in [1.54, 1.807) is 28.1 Å². The van der Waals surface area contributed by atoms with Crippen LogP contribution >= 0.6 is 23.1 Å². The van der Waals surface area contributed by atoms with Crippen LogP contribution in [0.3, 0.4) is 0 Å². The molecule has 3 rings (SSSR count). The second kappa shape index (κ2) is 9.92. The van der Waals surface area contributed by atoms with Gasteiger partial charge in [-0.15, -0.1) is 10.2 Å². The Morgan fingerprint density at radius 2 is 1.94 bits per heavy atom. The highest BCUT2D eigenvalue weighted by Gasteiger charge is 2.18. The number of rotatable bonds is 8. The second-order valence-corrected chi connectivity index (χ2v) is 8.89. The minimum Gasteiger partial charge on any atom is -0.497 e. The van der Waals surface area contributed by atoms with Crippen LogP contribution in [0.25, 0.3) is 0 Å². The van der Waals surface area contributed by atoms with Crippen LogP contribution < -0.4 is 10.1 Å². The van der Waals surface area contributed by atoms with Gasteiger partial charge in [0.2, 0.25) is 5.91 Å². The molecule has 164 valence electrons. The average molecular weight is 461 g/mol. The first-order chi connectivity index (χ1) is 14.8. The van der Waals surface area contributed by atoms with E-state index >= 15 is 0 Å². The van der Waals surface area contributed by atoms with E-state index in [4.69, 9.17) is 4.74 Å². The van der Waals surface area contributed by atoms with Crippen molar-refractivity contribution in [2.45, 2.75) is 18.5 Å². The van der Waals surface area contributed by atoms with E-state index in [0.717, 1.165) is 17.1 Å². The summed E-state index contributed by atoms with van der Waals surface area (Å²) in [6, 6.07) is 7.78.